The van der Waals surface area contributed by atoms with Gasteiger partial charge in [0.15, 0.2) is 0 Å². The molecule has 0 saturated heterocycles. The molecule has 3 aromatic heterocycles. The maximum atomic E-state index is 5.48. The van der Waals surface area contributed by atoms with Gasteiger partial charge in [-0.15, -0.1) is 0 Å². The number of nitrogens with zero attached hydrogens (tertiary/aromatic N) is 4. The monoisotopic (exact) mass is 636 g/mol. The number of hydrogen-bond acceptors (Lipinski definition) is 2. The van der Waals surface area contributed by atoms with E-state index in [4.69, 9.17) is 9.97 Å². The van der Waals surface area contributed by atoms with Gasteiger partial charge in [-0.05, 0) is 64.0 Å². The SMILES string of the molecule is c1ccc2cc3c(cc2c1)c1ccc(-n2c4ccccc4c4ccccc42)cc1n3-c1nc(-c2cccc3ccccc23)c2ccccc2n1. The highest BCUT2D eigenvalue weighted by molar-refractivity contribution is 6.15. The first-order valence-electron chi connectivity index (χ1n) is 17.0. The van der Waals surface area contributed by atoms with E-state index in [2.05, 4.69) is 179 Å². The van der Waals surface area contributed by atoms with Crippen LogP contribution in [0.5, 0.6) is 0 Å². The van der Waals surface area contributed by atoms with Gasteiger partial charge in [-0.3, -0.25) is 4.57 Å². The fourth-order valence-corrected chi connectivity index (χ4v) is 8.05. The van der Waals surface area contributed by atoms with E-state index in [1.165, 1.54) is 54.1 Å². The third kappa shape index (κ3) is 3.87. The predicted molar refractivity (Wildman–Crippen MR) is 209 cm³/mol. The molecule has 0 radical (unpaired) electrons. The van der Waals surface area contributed by atoms with Crippen molar-refractivity contribution in [2.75, 3.05) is 0 Å². The lowest BCUT2D eigenvalue weighted by atomic mass is 9.99. The van der Waals surface area contributed by atoms with Crippen LogP contribution >= 0.6 is 0 Å². The van der Waals surface area contributed by atoms with Gasteiger partial charge in [-0.25, -0.2) is 9.97 Å². The Morgan fingerprint density at radius 1 is 0.340 bits per heavy atom. The summed E-state index contributed by atoms with van der Waals surface area (Å²) in [5, 5.41) is 10.6. The molecule has 0 bridgehead atoms. The highest BCUT2D eigenvalue weighted by Crippen LogP contribution is 2.39. The fourth-order valence-electron chi connectivity index (χ4n) is 8.05. The van der Waals surface area contributed by atoms with Crippen molar-refractivity contribution in [2.45, 2.75) is 0 Å². The van der Waals surface area contributed by atoms with Crippen LogP contribution < -0.4 is 0 Å². The summed E-state index contributed by atoms with van der Waals surface area (Å²) in [6.07, 6.45) is 0. The van der Waals surface area contributed by atoms with Crippen LogP contribution in [0.25, 0.3) is 99.0 Å². The Balaban J connectivity index is 1.27. The van der Waals surface area contributed by atoms with Crippen LogP contribution in [-0.2, 0) is 0 Å². The highest BCUT2D eigenvalue weighted by atomic mass is 15.2. The molecule has 232 valence electrons. The van der Waals surface area contributed by atoms with Crippen molar-refractivity contribution in [1.82, 2.24) is 19.1 Å². The summed E-state index contributed by atoms with van der Waals surface area (Å²) >= 11 is 0. The molecule has 0 aliphatic carbocycles. The van der Waals surface area contributed by atoms with Crippen molar-refractivity contribution >= 4 is 76.1 Å². The quantitative estimate of drug-likeness (QED) is 0.193. The molecule has 0 spiro atoms. The molecule has 8 aromatic carbocycles. The molecule has 0 saturated carbocycles. The maximum Gasteiger partial charge on any atom is 0.235 e. The standard InChI is InChI=1S/C46H28N4/c1-2-14-31-27-43-39(26-30(31)13-1)36-25-24-32(49-41-22-9-6-17-34(41)35-18-7-10-23-42(35)49)28-44(36)50(43)46-47-40-21-8-5-19-38(40)45(48-46)37-20-11-15-29-12-3-4-16-33(29)37/h1-28H. The number of hydrogen-bond donors (Lipinski definition) is 0. The van der Waals surface area contributed by atoms with E-state index >= 15 is 0 Å². The van der Waals surface area contributed by atoms with Gasteiger partial charge in [0.25, 0.3) is 0 Å². The summed E-state index contributed by atoms with van der Waals surface area (Å²) in [5.74, 6) is 0.654. The third-order valence-electron chi connectivity index (χ3n) is 10.3. The van der Waals surface area contributed by atoms with Gasteiger partial charge in [0, 0.05) is 38.2 Å². The Labute approximate surface area is 287 Å². The van der Waals surface area contributed by atoms with Gasteiger partial charge in [-0.1, -0.05) is 127 Å². The van der Waals surface area contributed by atoms with E-state index in [0.717, 1.165) is 38.9 Å². The van der Waals surface area contributed by atoms with E-state index in [1.807, 2.05) is 0 Å². The molecule has 11 aromatic rings. The summed E-state index contributed by atoms with van der Waals surface area (Å²) in [7, 11) is 0. The van der Waals surface area contributed by atoms with Gasteiger partial charge >= 0.3 is 0 Å². The normalized spacial score (nSPS) is 12.0. The molecule has 4 heteroatoms. The van der Waals surface area contributed by atoms with Crippen molar-refractivity contribution in [3.8, 4) is 22.9 Å². The maximum absolute atomic E-state index is 5.48. The lowest BCUT2D eigenvalue weighted by molar-refractivity contribution is 1.01. The first kappa shape index (κ1) is 27.2. The van der Waals surface area contributed by atoms with E-state index in [9.17, 15) is 0 Å². The topological polar surface area (TPSA) is 35.6 Å². The summed E-state index contributed by atoms with van der Waals surface area (Å²) in [6, 6.07) is 60.8. The van der Waals surface area contributed by atoms with Crippen LogP contribution in [0.15, 0.2) is 170 Å². The zero-order chi connectivity index (χ0) is 32.8. The number of rotatable bonds is 3. The molecule has 3 heterocycles. The van der Waals surface area contributed by atoms with Gasteiger partial charge in [0.2, 0.25) is 5.95 Å². The third-order valence-corrected chi connectivity index (χ3v) is 10.3. The molecular weight excluding hydrogens is 609 g/mol. The van der Waals surface area contributed by atoms with Gasteiger partial charge < -0.3 is 4.57 Å². The Morgan fingerprint density at radius 3 is 1.70 bits per heavy atom. The minimum atomic E-state index is 0.654. The molecule has 0 atom stereocenters. The molecule has 4 nitrogen and oxygen atoms in total. The van der Waals surface area contributed by atoms with Crippen LogP contribution in [0.2, 0.25) is 0 Å². The van der Waals surface area contributed by atoms with E-state index in [-0.39, 0.29) is 0 Å². The van der Waals surface area contributed by atoms with Crippen LogP contribution in [0.3, 0.4) is 0 Å². The average molecular weight is 637 g/mol. The fraction of sp³-hybridized carbons (Fsp3) is 0. The summed E-state index contributed by atoms with van der Waals surface area (Å²) in [4.78, 5) is 10.8. The number of fused-ring (bicyclic) bond motifs is 9. The lowest BCUT2D eigenvalue weighted by Gasteiger charge is -2.14. The first-order valence-corrected chi connectivity index (χ1v) is 17.0. The van der Waals surface area contributed by atoms with E-state index in [1.54, 1.807) is 0 Å². The van der Waals surface area contributed by atoms with Gasteiger partial charge in [0.1, 0.15) is 0 Å². The lowest BCUT2D eigenvalue weighted by Crippen LogP contribution is -2.04. The molecule has 0 aliphatic heterocycles. The molecular formula is C46H28N4. The summed E-state index contributed by atoms with van der Waals surface area (Å²) in [6.45, 7) is 0. The second kappa shape index (κ2) is 10.4. The van der Waals surface area contributed by atoms with Gasteiger partial charge in [-0.2, -0.15) is 0 Å². The van der Waals surface area contributed by atoms with Crippen molar-refractivity contribution < 1.29 is 0 Å². The van der Waals surface area contributed by atoms with Crippen LogP contribution in [0.4, 0.5) is 0 Å². The summed E-state index contributed by atoms with van der Waals surface area (Å²) in [5.41, 5.74) is 8.54. The molecule has 0 fully saturated rings. The number of benzene rings is 8. The van der Waals surface area contributed by atoms with E-state index in [0.29, 0.717) is 5.95 Å². The Bertz CT molecular complexity index is 3110. The van der Waals surface area contributed by atoms with Crippen molar-refractivity contribution in [3.05, 3.63) is 170 Å². The van der Waals surface area contributed by atoms with Crippen molar-refractivity contribution in [1.29, 1.82) is 0 Å². The number of para-hydroxylation sites is 3. The molecule has 50 heavy (non-hydrogen) atoms. The molecule has 11 rings (SSSR count). The van der Waals surface area contributed by atoms with Crippen LogP contribution in [0.1, 0.15) is 0 Å². The minimum Gasteiger partial charge on any atom is -0.309 e. The van der Waals surface area contributed by atoms with Crippen molar-refractivity contribution in [3.63, 3.8) is 0 Å². The predicted octanol–water partition coefficient (Wildman–Crippen LogP) is 11.8. The zero-order valence-electron chi connectivity index (χ0n) is 27.0. The van der Waals surface area contributed by atoms with E-state index < -0.39 is 0 Å². The van der Waals surface area contributed by atoms with Crippen molar-refractivity contribution in [2.24, 2.45) is 0 Å². The average Bonchev–Trinajstić information content (AvgIpc) is 3.68. The second-order valence-corrected chi connectivity index (χ2v) is 13.0. The summed E-state index contributed by atoms with van der Waals surface area (Å²) < 4.78 is 4.65. The highest BCUT2D eigenvalue weighted by Gasteiger charge is 2.20. The Kier molecular flexibility index (Phi) is 5.63. The second-order valence-electron chi connectivity index (χ2n) is 13.0. The molecule has 0 aliphatic rings. The zero-order valence-corrected chi connectivity index (χ0v) is 27.0. The van der Waals surface area contributed by atoms with Crippen LogP contribution in [-0.4, -0.2) is 19.1 Å². The minimum absolute atomic E-state index is 0.654. The van der Waals surface area contributed by atoms with Crippen LogP contribution in [0, 0.1) is 0 Å². The first-order chi connectivity index (χ1) is 24.8. The Hall–Kier alpha value is -6.78. The molecule has 0 N–H and O–H groups in total. The smallest absolute Gasteiger partial charge is 0.235 e. The largest absolute Gasteiger partial charge is 0.309 e. The van der Waals surface area contributed by atoms with Gasteiger partial charge in [0.05, 0.1) is 33.3 Å². The molecule has 0 unspecified atom stereocenters. The number of aromatic nitrogens is 4. The Morgan fingerprint density at radius 2 is 0.920 bits per heavy atom. The molecule has 0 amide bonds.